The lowest BCUT2D eigenvalue weighted by Crippen LogP contribution is -2.38. The molecule has 1 aliphatic carbocycles. The second-order valence-corrected chi connectivity index (χ2v) is 3.35. The van der Waals surface area contributed by atoms with Gasteiger partial charge >= 0.3 is 0 Å². The molecule has 2 atom stereocenters. The fourth-order valence-corrected chi connectivity index (χ4v) is 1.74. The molecular weight excluding hydrogens is 154 g/mol. The molecular formula is C9H15NO2. The van der Waals surface area contributed by atoms with Gasteiger partial charge in [-0.05, 0) is 20.4 Å². The van der Waals surface area contributed by atoms with Crippen molar-refractivity contribution in [2.24, 2.45) is 5.92 Å². The first-order valence-electron chi connectivity index (χ1n) is 4.31. The number of hydrogen-bond acceptors (Lipinski definition) is 3. The Hall–Kier alpha value is -0.700. The highest BCUT2D eigenvalue weighted by molar-refractivity contribution is 5.99. The van der Waals surface area contributed by atoms with E-state index in [0.717, 1.165) is 0 Å². The zero-order chi connectivity index (χ0) is 9.35. The molecule has 1 N–H and O–H groups in total. The van der Waals surface area contributed by atoms with Crippen molar-refractivity contribution in [3.63, 3.8) is 0 Å². The summed E-state index contributed by atoms with van der Waals surface area (Å²) in [6.07, 6.45) is 1.22. The zero-order valence-electron chi connectivity index (χ0n) is 7.81. The maximum atomic E-state index is 11.3. The molecule has 0 bridgehead atoms. The molecule has 12 heavy (non-hydrogen) atoms. The minimum Gasteiger partial charge on any atom is -0.307 e. The Morgan fingerprint density at radius 3 is 2.42 bits per heavy atom. The Morgan fingerprint density at radius 2 is 2.17 bits per heavy atom. The summed E-state index contributed by atoms with van der Waals surface area (Å²) in [5.74, 6) is 0.210. The van der Waals surface area contributed by atoms with Gasteiger partial charge in [-0.1, -0.05) is 6.92 Å². The van der Waals surface area contributed by atoms with E-state index in [1.807, 2.05) is 6.92 Å². The normalized spacial score (nSPS) is 33.1. The van der Waals surface area contributed by atoms with E-state index in [-0.39, 0.29) is 17.5 Å². The quantitative estimate of drug-likeness (QED) is 0.668. The van der Waals surface area contributed by atoms with E-state index in [2.05, 4.69) is 5.32 Å². The third kappa shape index (κ3) is 1.18. The number of nitrogens with one attached hydrogen (secondary N) is 1. The monoisotopic (exact) mass is 169 g/mol. The van der Waals surface area contributed by atoms with Crippen LogP contribution in [0.25, 0.3) is 0 Å². The smallest absolute Gasteiger partial charge is 0.150 e. The third-order valence-electron chi connectivity index (χ3n) is 2.77. The molecule has 1 rings (SSSR count). The number of carbonyl (C=O) groups is 2. The van der Waals surface area contributed by atoms with Crippen molar-refractivity contribution in [2.75, 3.05) is 7.05 Å². The highest BCUT2D eigenvalue weighted by Gasteiger charge is 2.59. The molecule has 0 saturated heterocycles. The average molecular weight is 169 g/mol. The standard InChI is InChI=1S/C9H15NO2/c1-4-8(12)7-5-9(7,10-3)6(2)11/h7,10H,4-5H2,1-3H3. The third-order valence-corrected chi connectivity index (χ3v) is 2.77. The van der Waals surface area contributed by atoms with Gasteiger partial charge in [0.15, 0.2) is 5.78 Å². The van der Waals surface area contributed by atoms with Crippen LogP contribution in [-0.4, -0.2) is 24.2 Å². The summed E-state index contributed by atoms with van der Waals surface area (Å²) in [7, 11) is 1.74. The maximum Gasteiger partial charge on any atom is 0.150 e. The molecule has 1 aliphatic rings. The fraction of sp³-hybridized carbons (Fsp3) is 0.778. The molecule has 3 heteroatoms. The van der Waals surface area contributed by atoms with Crippen molar-refractivity contribution in [1.82, 2.24) is 5.32 Å². The van der Waals surface area contributed by atoms with Crippen molar-refractivity contribution in [1.29, 1.82) is 0 Å². The maximum absolute atomic E-state index is 11.3. The Morgan fingerprint density at radius 1 is 1.58 bits per heavy atom. The molecule has 2 unspecified atom stereocenters. The number of Topliss-reactive ketones (excluding diaryl/α,β-unsaturated/α-hetero) is 2. The van der Waals surface area contributed by atoms with Gasteiger partial charge in [-0.2, -0.15) is 0 Å². The van der Waals surface area contributed by atoms with Crippen LogP contribution in [0.15, 0.2) is 0 Å². The van der Waals surface area contributed by atoms with Crippen LogP contribution in [0.2, 0.25) is 0 Å². The van der Waals surface area contributed by atoms with Gasteiger partial charge in [0.05, 0.1) is 5.54 Å². The molecule has 0 aromatic heterocycles. The second kappa shape index (κ2) is 2.98. The molecule has 0 aliphatic heterocycles. The molecule has 0 heterocycles. The first-order chi connectivity index (χ1) is 5.58. The summed E-state index contributed by atoms with van der Waals surface area (Å²) >= 11 is 0. The molecule has 0 aromatic carbocycles. The van der Waals surface area contributed by atoms with Gasteiger partial charge in [0, 0.05) is 12.3 Å². The van der Waals surface area contributed by atoms with E-state index >= 15 is 0 Å². The summed E-state index contributed by atoms with van der Waals surface area (Å²) in [6, 6.07) is 0. The first-order valence-corrected chi connectivity index (χ1v) is 4.31. The molecule has 68 valence electrons. The second-order valence-electron chi connectivity index (χ2n) is 3.35. The lowest BCUT2D eigenvalue weighted by atomic mass is 10.1. The Kier molecular flexibility index (Phi) is 2.33. The van der Waals surface area contributed by atoms with E-state index < -0.39 is 5.54 Å². The number of ketones is 2. The first kappa shape index (κ1) is 9.39. The van der Waals surface area contributed by atoms with E-state index in [1.54, 1.807) is 14.0 Å². The van der Waals surface area contributed by atoms with Crippen molar-refractivity contribution in [2.45, 2.75) is 32.2 Å². The van der Waals surface area contributed by atoms with Gasteiger partial charge in [-0.25, -0.2) is 0 Å². The van der Waals surface area contributed by atoms with E-state index in [9.17, 15) is 9.59 Å². The van der Waals surface area contributed by atoms with Crippen LogP contribution in [0.5, 0.6) is 0 Å². The van der Waals surface area contributed by atoms with Gasteiger partial charge in [0.2, 0.25) is 0 Å². The van der Waals surface area contributed by atoms with Crippen LogP contribution < -0.4 is 5.32 Å². The van der Waals surface area contributed by atoms with Crippen LogP contribution in [0.1, 0.15) is 26.7 Å². The molecule has 1 saturated carbocycles. The van der Waals surface area contributed by atoms with Crippen LogP contribution in [0, 0.1) is 5.92 Å². The van der Waals surface area contributed by atoms with Crippen LogP contribution in [0.3, 0.4) is 0 Å². The highest BCUT2D eigenvalue weighted by Crippen LogP contribution is 2.44. The summed E-state index contributed by atoms with van der Waals surface area (Å²) in [5.41, 5.74) is -0.507. The summed E-state index contributed by atoms with van der Waals surface area (Å²) in [5, 5.41) is 2.95. The molecule has 0 spiro atoms. The van der Waals surface area contributed by atoms with E-state index in [1.165, 1.54) is 0 Å². The van der Waals surface area contributed by atoms with Crippen LogP contribution >= 0.6 is 0 Å². The fourth-order valence-electron chi connectivity index (χ4n) is 1.74. The topological polar surface area (TPSA) is 46.2 Å². The number of carbonyl (C=O) groups excluding carboxylic acids is 2. The highest BCUT2D eigenvalue weighted by atomic mass is 16.1. The van der Waals surface area contributed by atoms with Crippen LogP contribution in [-0.2, 0) is 9.59 Å². The number of likely N-dealkylation sites (N-methyl/N-ethyl adjacent to an activating group) is 1. The van der Waals surface area contributed by atoms with E-state index in [0.29, 0.717) is 12.8 Å². The predicted molar refractivity (Wildman–Crippen MR) is 45.9 cm³/mol. The lowest BCUT2D eigenvalue weighted by Gasteiger charge is -2.10. The number of rotatable bonds is 4. The Bertz CT molecular complexity index is 225. The van der Waals surface area contributed by atoms with Crippen molar-refractivity contribution < 1.29 is 9.59 Å². The lowest BCUT2D eigenvalue weighted by molar-refractivity contribution is -0.125. The molecule has 1 fully saturated rings. The zero-order valence-corrected chi connectivity index (χ0v) is 7.81. The average Bonchev–Trinajstić information content (AvgIpc) is 2.78. The molecule has 0 amide bonds. The van der Waals surface area contributed by atoms with Gasteiger partial charge in [0.1, 0.15) is 5.78 Å². The van der Waals surface area contributed by atoms with Gasteiger partial charge in [0.25, 0.3) is 0 Å². The van der Waals surface area contributed by atoms with E-state index in [4.69, 9.17) is 0 Å². The van der Waals surface area contributed by atoms with Crippen molar-refractivity contribution >= 4 is 11.6 Å². The van der Waals surface area contributed by atoms with Crippen molar-refractivity contribution in [3.05, 3.63) is 0 Å². The largest absolute Gasteiger partial charge is 0.307 e. The van der Waals surface area contributed by atoms with Crippen LogP contribution in [0.4, 0.5) is 0 Å². The minimum absolute atomic E-state index is 0.0648. The summed E-state index contributed by atoms with van der Waals surface area (Å²) in [4.78, 5) is 22.4. The van der Waals surface area contributed by atoms with Gasteiger partial charge in [-0.15, -0.1) is 0 Å². The summed E-state index contributed by atoms with van der Waals surface area (Å²) in [6.45, 7) is 3.38. The Labute approximate surface area is 72.5 Å². The summed E-state index contributed by atoms with van der Waals surface area (Å²) < 4.78 is 0. The predicted octanol–water partition coefficient (Wildman–Crippen LogP) is 0.533. The Balaban J connectivity index is 2.67. The van der Waals surface area contributed by atoms with Gasteiger partial charge in [-0.3, -0.25) is 9.59 Å². The molecule has 3 nitrogen and oxygen atoms in total. The molecule has 0 aromatic rings. The minimum atomic E-state index is -0.507. The molecule has 0 radical (unpaired) electrons. The van der Waals surface area contributed by atoms with Crippen molar-refractivity contribution in [3.8, 4) is 0 Å². The SMILES string of the molecule is CCC(=O)C1CC1(NC)C(C)=O. The number of hydrogen-bond donors (Lipinski definition) is 1. The van der Waals surface area contributed by atoms with Gasteiger partial charge < -0.3 is 5.32 Å².